The number of aryl methyl sites for hydroxylation is 2. The molecule has 0 saturated heterocycles. The van der Waals surface area contributed by atoms with E-state index in [9.17, 15) is 9.59 Å². The Morgan fingerprint density at radius 1 is 1.27 bits per heavy atom. The second kappa shape index (κ2) is 5.98. The van der Waals surface area contributed by atoms with Gasteiger partial charge in [-0.1, -0.05) is 18.2 Å². The van der Waals surface area contributed by atoms with E-state index in [4.69, 9.17) is 0 Å². The summed E-state index contributed by atoms with van der Waals surface area (Å²) in [5.41, 5.74) is 3.53. The normalized spacial score (nSPS) is 14.9. The van der Waals surface area contributed by atoms with Crippen LogP contribution in [0.3, 0.4) is 0 Å². The number of nitrogens with zero attached hydrogens (tertiary/aromatic N) is 3. The molecule has 1 aliphatic rings. The Kier molecular flexibility index (Phi) is 3.76. The van der Waals surface area contributed by atoms with Crippen LogP contribution < -0.4 is 10.2 Å². The van der Waals surface area contributed by atoms with Gasteiger partial charge in [0.2, 0.25) is 11.8 Å². The van der Waals surface area contributed by atoms with Gasteiger partial charge in [-0.3, -0.25) is 14.5 Å². The Balaban J connectivity index is 1.76. The van der Waals surface area contributed by atoms with Crippen molar-refractivity contribution in [2.24, 2.45) is 7.05 Å². The first kappa shape index (κ1) is 16.3. The van der Waals surface area contributed by atoms with Crippen LogP contribution in [-0.2, 0) is 16.6 Å². The third-order valence-corrected chi connectivity index (χ3v) is 4.99. The minimum atomic E-state index is -0.387. The van der Waals surface area contributed by atoms with Gasteiger partial charge < -0.3 is 9.88 Å². The van der Waals surface area contributed by atoms with Crippen LogP contribution in [0, 0.1) is 6.92 Å². The van der Waals surface area contributed by atoms with Gasteiger partial charge in [-0.05, 0) is 37.1 Å². The summed E-state index contributed by atoms with van der Waals surface area (Å²) in [4.78, 5) is 31.2. The zero-order valence-corrected chi connectivity index (χ0v) is 15.0. The molecule has 0 aliphatic carbocycles. The minimum absolute atomic E-state index is 0.0165. The molecule has 1 atom stereocenters. The van der Waals surface area contributed by atoms with E-state index in [1.807, 2.05) is 62.0 Å². The maximum atomic E-state index is 13.3. The molecular weight excluding hydrogens is 328 g/mol. The number of hydrogen-bond acceptors (Lipinski definition) is 3. The molecule has 6 heteroatoms. The largest absolute Gasteiger partial charge is 0.350 e. The van der Waals surface area contributed by atoms with Crippen molar-refractivity contribution < 1.29 is 9.59 Å². The number of nitrogens with one attached hydrogen (secondary N) is 1. The number of rotatable bonds is 2. The first-order valence-electron chi connectivity index (χ1n) is 8.58. The zero-order valence-electron chi connectivity index (χ0n) is 15.0. The molecule has 1 aromatic carbocycles. The van der Waals surface area contributed by atoms with Crippen molar-refractivity contribution in [3.63, 3.8) is 0 Å². The lowest BCUT2D eigenvalue weighted by Gasteiger charge is -2.30. The van der Waals surface area contributed by atoms with Crippen LogP contribution in [-0.4, -0.2) is 27.9 Å². The van der Waals surface area contributed by atoms with Crippen LogP contribution in [0.5, 0.6) is 0 Å². The van der Waals surface area contributed by atoms with E-state index in [2.05, 4.69) is 10.3 Å². The second-order valence-corrected chi connectivity index (χ2v) is 6.73. The summed E-state index contributed by atoms with van der Waals surface area (Å²) in [7, 11) is 1.97. The van der Waals surface area contributed by atoms with Gasteiger partial charge in [0.25, 0.3) is 0 Å². The number of aromatic nitrogens is 2. The summed E-state index contributed by atoms with van der Waals surface area (Å²) in [6.07, 6.45) is 3.65. The van der Waals surface area contributed by atoms with Gasteiger partial charge in [-0.25, -0.2) is 4.98 Å². The summed E-state index contributed by atoms with van der Waals surface area (Å²) in [6, 6.07) is 9.83. The van der Waals surface area contributed by atoms with E-state index in [1.165, 1.54) is 4.90 Å². The van der Waals surface area contributed by atoms with E-state index in [0.717, 1.165) is 22.0 Å². The molecule has 26 heavy (non-hydrogen) atoms. The number of para-hydroxylation sites is 1. The predicted octanol–water partition coefficient (Wildman–Crippen LogP) is 2.97. The molecule has 2 aromatic heterocycles. The fraction of sp³-hybridized carbons (Fsp3) is 0.250. The second-order valence-electron chi connectivity index (χ2n) is 6.73. The summed E-state index contributed by atoms with van der Waals surface area (Å²) in [5.74, 6) is -0.202. The lowest BCUT2D eigenvalue weighted by atomic mass is 9.98. The van der Waals surface area contributed by atoms with E-state index < -0.39 is 0 Å². The number of fused-ring (bicyclic) bond motifs is 2. The van der Waals surface area contributed by atoms with Crippen LogP contribution in [0.15, 0.2) is 42.7 Å². The molecule has 0 fully saturated rings. The number of pyridine rings is 1. The Morgan fingerprint density at radius 3 is 2.85 bits per heavy atom. The van der Waals surface area contributed by atoms with Crippen LogP contribution in [0.25, 0.3) is 10.9 Å². The molecule has 3 aromatic rings. The van der Waals surface area contributed by atoms with Gasteiger partial charge in [-0.2, -0.15) is 0 Å². The molecule has 1 aliphatic heterocycles. The maximum absolute atomic E-state index is 13.3. The summed E-state index contributed by atoms with van der Waals surface area (Å²) in [6.45, 7) is 3.76. The molecule has 6 nitrogen and oxygen atoms in total. The molecule has 3 heterocycles. The van der Waals surface area contributed by atoms with Crippen LogP contribution in [0.1, 0.15) is 24.0 Å². The molecule has 1 N–H and O–H groups in total. The summed E-state index contributed by atoms with van der Waals surface area (Å²) < 4.78 is 2.02. The van der Waals surface area contributed by atoms with Crippen molar-refractivity contribution in [2.45, 2.75) is 19.8 Å². The highest BCUT2D eigenvalue weighted by molar-refractivity contribution is 6.11. The SMILES string of the molecule is Cc1ccnc2c1NC(=O)CN2C(=O)C(C)c1cn(C)c2ccccc12. The minimum Gasteiger partial charge on any atom is -0.350 e. The van der Waals surface area contributed by atoms with E-state index in [-0.39, 0.29) is 24.3 Å². The Morgan fingerprint density at radius 2 is 2.04 bits per heavy atom. The smallest absolute Gasteiger partial charge is 0.244 e. The molecule has 4 rings (SSSR count). The number of benzene rings is 1. The average molecular weight is 348 g/mol. The lowest BCUT2D eigenvalue weighted by molar-refractivity contribution is -0.122. The fourth-order valence-corrected chi connectivity index (χ4v) is 3.57. The van der Waals surface area contributed by atoms with Gasteiger partial charge >= 0.3 is 0 Å². The molecule has 0 saturated carbocycles. The van der Waals surface area contributed by atoms with Crippen LogP contribution in [0.4, 0.5) is 11.5 Å². The first-order chi connectivity index (χ1) is 12.5. The highest BCUT2D eigenvalue weighted by Crippen LogP contribution is 2.34. The molecule has 0 bridgehead atoms. The number of anilines is 2. The first-order valence-corrected chi connectivity index (χ1v) is 8.58. The van der Waals surface area contributed by atoms with Gasteiger partial charge in [0.15, 0.2) is 5.82 Å². The molecule has 0 radical (unpaired) electrons. The third kappa shape index (κ3) is 2.45. The molecule has 2 amide bonds. The van der Waals surface area contributed by atoms with E-state index in [0.29, 0.717) is 11.5 Å². The van der Waals surface area contributed by atoms with Crippen molar-refractivity contribution in [3.8, 4) is 0 Å². The van der Waals surface area contributed by atoms with Gasteiger partial charge in [-0.15, -0.1) is 0 Å². The topological polar surface area (TPSA) is 67.2 Å². The van der Waals surface area contributed by atoms with Crippen LogP contribution >= 0.6 is 0 Å². The van der Waals surface area contributed by atoms with Crippen molar-refractivity contribution in [1.82, 2.24) is 9.55 Å². The van der Waals surface area contributed by atoms with E-state index >= 15 is 0 Å². The van der Waals surface area contributed by atoms with Crippen molar-refractivity contribution in [2.75, 3.05) is 16.8 Å². The number of carbonyl (C=O) groups excluding carboxylic acids is 2. The van der Waals surface area contributed by atoms with Gasteiger partial charge in [0, 0.05) is 30.3 Å². The predicted molar refractivity (Wildman–Crippen MR) is 101 cm³/mol. The number of carbonyl (C=O) groups is 2. The van der Waals surface area contributed by atoms with Gasteiger partial charge in [0.05, 0.1) is 11.6 Å². The van der Waals surface area contributed by atoms with Crippen molar-refractivity contribution in [3.05, 3.63) is 53.9 Å². The maximum Gasteiger partial charge on any atom is 0.244 e. The molecule has 0 spiro atoms. The monoisotopic (exact) mass is 348 g/mol. The highest BCUT2D eigenvalue weighted by Gasteiger charge is 2.33. The van der Waals surface area contributed by atoms with E-state index in [1.54, 1.807) is 6.20 Å². The lowest BCUT2D eigenvalue weighted by Crippen LogP contribution is -2.44. The van der Waals surface area contributed by atoms with Gasteiger partial charge in [0.1, 0.15) is 6.54 Å². The third-order valence-electron chi connectivity index (χ3n) is 4.99. The zero-order chi connectivity index (χ0) is 18.4. The fourth-order valence-electron chi connectivity index (χ4n) is 3.57. The Hall–Kier alpha value is -3.15. The number of amides is 2. The molecular formula is C20H20N4O2. The standard InChI is InChI=1S/C20H20N4O2/c1-12-8-9-21-19-18(12)22-17(25)11-24(19)20(26)13(2)15-10-23(3)16-7-5-4-6-14(15)16/h4-10,13H,11H2,1-3H3,(H,22,25). The van der Waals surface area contributed by atoms with Crippen LogP contribution in [0.2, 0.25) is 0 Å². The van der Waals surface area contributed by atoms with Crippen molar-refractivity contribution in [1.29, 1.82) is 0 Å². The Labute approximate surface area is 151 Å². The average Bonchev–Trinajstić information content (AvgIpc) is 2.98. The van der Waals surface area contributed by atoms with Crippen molar-refractivity contribution >= 4 is 34.2 Å². The highest BCUT2D eigenvalue weighted by atomic mass is 16.2. The molecule has 132 valence electrons. The number of hydrogen-bond donors (Lipinski definition) is 1. The summed E-state index contributed by atoms with van der Waals surface area (Å²) >= 11 is 0. The molecule has 1 unspecified atom stereocenters. The quantitative estimate of drug-likeness (QED) is 0.774. The summed E-state index contributed by atoms with van der Waals surface area (Å²) in [5, 5.41) is 3.88. The Bertz CT molecular complexity index is 1040.